The highest BCUT2D eigenvalue weighted by atomic mass is 32.2. The number of amides is 1. The lowest BCUT2D eigenvalue weighted by Crippen LogP contribution is -2.43. The first-order valence-corrected chi connectivity index (χ1v) is 10.5. The predicted molar refractivity (Wildman–Crippen MR) is 97.6 cm³/mol. The summed E-state index contributed by atoms with van der Waals surface area (Å²) in [5.41, 5.74) is 0.354. The number of ether oxygens (including phenoxy) is 1. The van der Waals surface area contributed by atoms with Crippen molar-refractivity contribution in [3.8, 4) is 0 Å². The summed E-state index contributed by atoms with van der Waals surface area (Å²) in [7, 11) is -2.03. The van der Waals surface area contributed by atoms with E-state index in [4.69, 9.17) is 4.74 Å². The molecular weight excluding hydrogens is 375 g/mol. The third-order valence-electron chi connectivity index (χ3n) is 4.42. The van der Waals surface area contributed by atoms with Gasteiger partial charge in [-0.3, -0.25) is 9.59 Å². The Morgan fingerprint density at radius 1 is 1.33 bits per heavy atom. The Balaban J connectivity index is 1.90. The molecular formula is C18H25FN2O5S. The van der Waals surface area contributed by atoms with E-state index in [0.717, 1.165) is 0 Å². The van der Waals surface area contributed by atoms with E-state index in [-0.39, 0.29) is 18.8 Å². The molecule has 1 aliphatic rings. The molecule has 1 heterocycles. The van der Waals surface area contributed by atoms with Crippen LogP contribution in [0.4, 0.5) is 4.39 Å². The standard InChI is InChI=1S/C18H25FN2O5S/c1-3-11-27(24,25)21-10-6-9-16(21)18(23)26-13-17(22)20(2)12-14-7-4-5-8-15(14)19/h4-5,7-8,16H,3,6,9-13H2,1-2H3. The lowest BCUT2D eigenvalue weighted by Gasteiger charge is -2.23. The number of hydrogen-bond donors (Lipinski definition) is 0. The number of esters is 1. The number of benzene rings is 1. The van der Waals surface area contributed by atoms with Crippen LogP contribution >= 0.6 is 0 Å². The van der Waals surface area contributed by atoms with Gasteiger partial charge in [0, 0.05) is 25.7 Å². The van der Waals surface area contributed by atoms with Crippen molar-refractivity contribution in [1.82, 2.24) is 9.21 Å². The second kappa shape index (κ2) is 9.27. The third kappa shape index (κ3) is 5.49. The minimum Gasteiger partial charge on any atom is -0.454 e. The van der Waals surface area contributed by atoms with Crippen molar-refractivity contribution in [3.63, 3.8) is 0 Å². The fourth-order valence-corrected chi connectivity index (χ4v) is 4.73. The van der Waals surface area contributed by atoms with Gasteiger partial charge in [0.25, 0.3) is 5.91 Å². The Hall–Kier alpha value is -2.00. The molecule has 1 unspecified atom stereocenters. The van der Waals surface area contributed by atoms with Crippen molar-refractivity contribution >= 4 is 21.9 Å². The van der Waals surface area contributed by atoms with Crippen molar-refractivity contribution in [2.75, 3.05) is 26.0 Å². The van der Waals surface area contributed by atoms with Gasteiger partial charge in [-0.1, -0.05) is 25.1 Å². The fourth-order valence-electron chi connectivity index (χ4n) is 2.99. The molecule has 1 atom stereocenters. The zero-order valence-electron chi connectivity index (χ0n) is 15.6. The minimum absolute atomic E-state index is 0.0267. The summed E-state index contributed by atoms with van der Waals surface area (Å²) in [6.45, 7) is 1.57. The summed E-state index contributed by atoms with van der Waals surface area (Å²) >= 11 is 0. The maximum Gasteiger partial charge on any atom is 0.324 e. The summed E-state index contributed by atoms with van der Waals surface area (Å²) in [5, 5.41) is 0. The van der Waals surface area contributed by atoms with Crippen molar-refractivity contribution in [1.29, 1.82) is 0 Å². The molecule has 0 N–H and O–H groups in total. The van der Waals surface area contributed by atoms with Crippen LogP contribution < -0.4 is 0 Å². The Morgan fingerprint density at radius 3 is 2.70 bits per heavy atom. The number of carbonyl (C=O) groups is 2. The number of likely N-dealkylation sites (N-methyl/N-ethyl adjacent to an activating group) is 1. The van der Waals surface area contributed by atoms with Crippen molar-refractivity contribution in [2.24, 2.45) is 0 Å². The van der Waals surface area contributed by atoms with Gasteiger partial charge in [0.15, 0.2) is 6.61 Å². The summed E-state index contributed by atoms with van der Waals surface area (Å²) in [5.74, 6) is -1.66. The van der Waals surface area contributed by atoms with Crippen LogP contribution in [0.25, 0.3) is 0 Å². The molecule has 0 radical (unpaired) electrons. The zero-order valence-corrected chi connectivity index (χ0v) is 16.4. The lowest BCUT2D eigenvalue weighted by molar-refractivity contribution is -0.154. The van der Waals surface area contributed by atoms with Crippen molar-refractivity contribution < 1.29 is 27.1 Å². The van der Waals surface area contributed by atoms with Crippen LogP contribution in [0.2, 0.25) is 0 Å². The average molecular weight is 400 g/mol. The predicted octanol–water partition coefficient (Wildman–Crippen LogP) is 1.53. The molecule has 2 rings (SSSR count). The number of sulfonamides is 1. The van der Waals surface area contributed by atoms with Gasteiger partial charge in [0.2, 0.25) is 10.0 Å². The molecule has 1 aliphatic heterocycles. The van der Waals surface area contributed by atoms with Crippen LogP contribution in [0, 0.1) is 5.82 Å². The molecule has 0 aliphatic carbocycles. The van der Waals surface area contributed by atoms with Crippen LogP contribution in [0.3, 0.4) is 0 Å². The maximum absolute atomic E-state index is 13.7. The number of rotatable bonds is 8. The first kappa shape index (κ1) is 21.3. The van der Waals surface area contributed by atoms with Crippen LogP contribution in [0.15, 0.2) is 24.3 Å². The molecule has 0 saturated carbocycles. The largest absolute Gasteiger partial charge is 0.454 e. The third-order valence-corrected chi connectivity index (χ3v) is 6.50. The molecule has 27 heavy (non-hydrogen) atoms. The Labute approximate surface area is 159 Å². The first-order valence-electron chi connectivity index (χ1n) is 8.89. The second-order valence-corrected chi connectivity index (χ2v) is 8.57. The van der Waals surface area contributed by atoms with Crippen molar-refractivity contribution in [2.45, 2.75) is 38.8 Å². The Morgan fingerprint density at radius 2 is 2.04 bits per heavy atom. The normalized spacial score (nSPS) is 17.7. The number of nitrogens with zero attached hydrogens (tertiary/aromatic N) is 2. The molecule has 0 bridgehead atoms. The summed E-state index contributed by atoms with van der Waals surface area (Å²) < 4.78 is 44.4. The molecule has 150 valence electrons. The average Bonchev–Trinajstić information content (AvgIpc) is 3.12. The quantitative estimate of drug-likeness (QED) is 0.618. The smallest absolute Gasteiger partial charge is 0.324 e. The molecule has 1 aromatic carbocycles. The first-order chi connectivity index (χ1) is 12.8. The zero-order chi connectivity index (χ0) is 20.0. The van der Waals surface area contributed by atoms with Crippen molar-refractivity contribution in [3.05, 3.63) is 35.6 Å². The summed E-state index contributed by atoms with van der Waals surface area (Å²) in [6, 6.07) is 5.22. The minimum atomic E-state index is -3.51. The van der Waals surface area contributed by atoms with Gasteiger partial charge in [0.05, 0.1) is 5.75 Å². The molecule has 0 aromatic heterocycles. The van der Waals surface area contributed by atoms with E-state index in [1.165, 1.54) is 22.3 Å². The molecule has 1 saturated heterocycles. The number of halogens is 1. The second-order valence-electron chi connectivity index (χ2n) is 6.53. The van der Waals surface area contributed by atoms with E-state index in [1.54, 1.807) is 25.1 Å². The molecule has 0 spiro atoms. The highest BCUT2D eigenvalue weighted by molar-refractivity contribution is 7.89. The van der Waals surface area contributed by atoms with Gasteiger partial charge in [-0.2, -0.15) is 4.31 Å². The summed E-state index contributed by atoms with van der Waals surface area (Å²) in [6.07, 6.45) is 1.41. The maximum atomic E-state index is 13.7. The SMILES string of the molecule is CCCS(=O)(=O)N1CCCC1C(=O)OCC(=O)N(C)Cc1ccccc1F. The van der Waals surface area contributed by atoms with E-state index in [1.807, 2.05) is 0 Å². The van der Waals surface area contributed by atoms with Gasteiger partial charge in [-0.25, -0.2) is 12.8 Å². The highest BCUT2D eigenvalue weighted by Crippen LogP contribution is 2.23. The molecule has 1 amide bonds. The van der Waals surface area contributed by atoms with E-state index in [0.29, 0.717) is 24.8 Å². The number of hydrogen-bond acceptors (Lipinski definition) is 5. The molecule has 9 heteroatoms. The van der Waals surface area contributed by atoms with Gasteiger partial charge >= 0.3 is 5.97 Å². The molecule has 7 nitrogen and oxygen atoms in total. The van der Waals surface area contributed by atoms with E-state index >= 15 is 0 Å². The van der Waals surface area contributed by atoms with Gasteiger partial charge < -0.3 is 9.64 Å². The van der Waals surface area contributed by atoms with Crippen LogP contribution in [0.5, 0.6) is 0 Å². The highest BCUT2D eigenvalue weighted by Gasteiger charge is 2.39. The van der Waals surface area contributed by atoms with Crippen LogP contribution in [-0.4, -0.2) is 61.5 Å². The van der Waals surface area contributed by atoms with Crippen LogP contribution in [0.1, 0.15) is 31.7 Å². The lowest BCUT2D eigenvalue weighted by atomic mass is 10.2. The Bertz CT molecular complexity index is 784. The van der Waals surface area contributed by atoms with E-state index in [2.05, 4.69) is 0 Å². The van der Waals surface area contributed by atoms with E-state index in [9.17, 15) is 22.4 Å². The van der Waals surface area contributed by atoms with Gasteiger partial charge in [-0.15, -0.1) is 0 Å². The molecule has 1 fully saturated rings. The van der Waals surface area contributed by atoms with E-state index < -0.39 is 40.4 Å². The number of carbonyl (C=O) groups excluding carboxylic acids is 2. The Kier molecular flexibility index (Phi) is 7.32. The van der Waals surface area contributed by atoms with Gasteiger partial charge in [0.1, 0.15) is 11.9 Å². The topological polar surface area (TPSA) is 84.0 Å². The van der Waals surface area contributed by atoms with Crippen LogP contribution in [-0.2, 0) is 30.9 Å². The monoisotopic (exact) mass is 400 g/mol. The molecule has 1 aromatic rings. The van der Waals surface area contributed by atoms with Gasteiger partial charge in [-0.05, 0) is 25.3 Å². The fraction of sp³-hybridized carbons (Fsp3) is 0.556. The summed E-state index contributed by atoms with van der Waals surface area (Å²) in [4.78, 5) is 25.7.